The molecule has 1 N–H and O–H groups in total. The third-order valence-corrected chi connectivity index (χ3v) is 4.06. The highest BCUT2D eigenvalue weighted by Gasteiger charge is 2.15. The number of aromatic nitrogens is 2. The topological polar surface area (TPSA) is 46.9 Å². The summed E-state index contributed by atoms with van der Waals surface area (Å²) in [7, 11) is 0. The van der Waals surface area contributed by atoms with E-state index in [0.29, 0.717) is 19.0 Å². The van der Waals surface area contributed by atoms with E-state index in [-0.39, 0.29) is 5.56 Å². The maximum absolute atomic E-state index is 12.5. The summed E-state index contributed by atoms with van der Waals surface area (Å²) in [5.74, 6) is 0.527. The van der Waals surface area contributed by atoms with Gasteiger partial charge in [-0.05, 0) is 30.0 Å². The fourth-order valence-electron chi connectivity index (χ4n) is 2.71. The molecule has 0 radical (unpaired) electrons. The Labute approximate surface area is 124 Å². The summed E-state index contributed by atoms with van der Waals surface area (Å²) in [6.07, 6.45) is 2.44. The van der Waals surface area contributed by atoms with Crippen molar-refractivity contribution in [2.24, 2.45) is 0 Å². The molecule has 0 fully saturated rings. The van der Waals surface area contributed by atoms with Gasteiger partial charge in [-0.2, -0.15) is 0 Å². The highest BCUT2D eigenvalue weighted by Crippen LogP contribution is 2.15. The molecule has 21 heavy (non-hydrogen) atoms. The molecular weight excluding hydrogens is 262 g/mol. The molecule has 0 aliphatic carbocycles. The van der Waals surface area contributed by atoms with Gasteiger partial charge in [0.15, 0.2) is 0 Å². The zero-order chi connectivity index (χ0) is 14.8. The lowest BCUT2D eigenvalue weighted by molar-refractivity contribution is 0.596. The van der Waals surface area contributed by atoms with E-state index in [1.165, 1.54) is 5.56 Å². The lowest BCUT2D eigenvalue weighted by atomic mass is 10.0. The third kappa shape index (κ3) is 2.90. The Morgan fingerprint density at radius 2 is 2.05 bits per heavy atom. The molecule has 0 unspecified atom stereocenters. The van der Waals surface area contributed by atoms with E-state index < -0.39 is 0 Å². The first-order valence-corrected chi connectivity index (χ1v) is 7.52. The molecule has 4 heteroatoms. The van der Waals surface area contributed by atoms with Gasteiger partial charge in [0.25, 0.3) is 5.56 Å². The molecule has 1 aromatic heterocycles. The van der Waals surface area contributed by atoms with Crippen LogP contribution in [0, 0.1) is 0 Å². The lowest BCUT2D eigenvalue weighted by Crippen LogP contribution is -2.34. The molecule has 0 bridgehead atoms. The zero-order valence-corrected chi connectivity index (χ0v) is 12.6. The molecule has 3 rings (SSSR count). The molecule has 1 aliphatic rings. The van der Waals surface area contributed by atoms with Crippen molar-refractivity contribution < 1.29 is 0 Å². The van der Waals surface area contributed by atoms with Gasteiger partial charge in [-0.3, -0.25) is 9.36 Å². The van der Waals surface area contributed by atoms with Gasteiger partial charge in [-0.15, -0.1) is 0 Å². The van der Waals surface area contributed by atoms with E-state index >= 15 is 0 Å². The van der Waals surface area contributed by atoms with Crippen molar-refractivity contribution in [3.05, 3.63) is 63.3 Å². The van der Waals surface area contributed by atoms with E-state index in [1.807, 2.05) is 0 Å². The van der Waals surface area contributed by atoms with Crippen LogP contribution in [-0.4, -0.2) is 16.1 Å². The molecule has 110 valence electrons. The van der Waals surface area contributed by atoms with Crippen LogP contribution < -0.4 is 10.9 Å². The fourth-order valence-corrected chi connectivity index (χ4v) is 2.71. The Kier molecular flexibility index (Phi) is 3.88. The van der Waals surface area contributed by atoms with E-state index in [9.17, 15) is 4.79 Å². The molecule has 0 amide bonds. The highest BCUT2D eigenvalue weighted by molar-refractivity contribution is 5.26. The van der Waals surface area contributed by atoms with Crippen LogP contribution in [0.4, 0.5) is 0 Å². The van der Waals surface area contributed by atoms with Crippen LogP contribution in [0.25, 0.3) is 0 Å². The molecule has 1 aliphatic heterocycles. The van der Waals surface area contributed by atoms with Crippen LogP contribution in [-0.2, 0) is 19.5 Å². The Balaban J connectivity index is 1.86. The van der Waals surface area contributed by atoms with Crippen LogP contribution in [0.1, 0.15) is 42.1 Å². The SMILES string of the molecule is CC(C)c1ccc(Cn2cnc3c(c2=O)CCNC3)cc1. The molecule has 0 atom stereocenters. The average molecular weight is 283 g/mol. The standard InChI is InChI=1S/C17H21N3O/c1-12(2)14-5-3-13(4-6-14)10-20-11-19-16-9-18-8-7-15(16)17(20)21/h3-6,11-12,18H,7-10H2,1-2H3. The van der Waals surface area contributed by atoms with Crippen molar-refractivity contribution in [2.75, 3.05) is 6.54 Å². The van der Waals surface area contributed by atoms with E-state index in [1.54, 1.807) is 10.9 Å². The first-order valence-electron chi connectivity index (χ1n) is 7.52. The van der Waals surface area contributed by atoms with Crippen molar-refractivity contribution in [2.45, 2.75) is 39.3 Å². The first-order chi connectivity index (χ1) is 10.1. The zero-order valence-electron chi connectivity index (χ0n) is 12.6. The van der Waals surface area contributed by atoms with Gasteiger partial charge in [0.05, 0.1) is 18.6 Å². The molecule has 2 heterocycles. The summed E-state index contributed by atoms with van der Waals surface area (Å²) < 4.78 is 1.72. The van der Waals surface area contributed by atoms with Crippen molar-refractivity contribution in [1.29, 1.82) is 0 Å². The minimum Gasteiger partial charge on any atom is -0.311 e. The number of nitrogens with zero attached hydrogens (tertiary/aromatic N) is 2. The van der Waals surface area contributed by atoms with E-state index in [2.05, 4.69) is 48.4 Å². The largest absolute Gasteiger partial charge is 0.311 e. The van der Waals surface area contributed by atoms with Crippen molar-refractivity contribution in [3.63, 3.8) is 0 Å². The van der Waals surface area contributed by atoms with Gasteiger partial charge in [-0.25, -0.2) is 4.98 Å². The average Bonchev–Trinajstić information content (AvgIpc) is 2.51. The Morgan fingerprint density at radius 3 is 2.76 bits per heavy atom. The minimum atomic E-state index is 0.106. The van der Waals surface area contributed by atoms with Gasteiger partial charge in [-0.1, -0.05) is 38.1 Å². The van der Waals surface area contributed by atoms with Crippen LogP contribution in [0.3, 0.4) is 0 Å². The number of fused-ring (bicyclic) bond motifs is 1. The maximum atomic E-state index is 12.5. The van der Waals surface area contributed by atoms with Gasteiger partial charge < -0.3 is 5.32 Å². The van der Waals surface area contributed by atoms with Crippen molar-refractivity contribution >= 4 is 0 Å². The van der Waals surface area contributed by atoms with Crippen LogP contribution in [0.5, 0.6) is 0 Å². The number of hydrogen-bond donors (Lipinski definition) is 1. The molecule has 1 aromatic carbocycles. The predicted octanol–water partition coefficient (Wildman–Crippen LogP) is 2.06. The first kappa shape index (κ1) is 14.0. The van der Waals surface area contributed by atoms with Gasteiger partial charge >= 0.3 is 0 Å². The molecular formula is C17H21N3O. The summed E-state index contributed by atoms with van der Waals surface area (Å²) in [6.45, 7) is 6.51. The smallest absolute Gasteiger partial charge is 0.257 e. The lowest BCUT2D eigenvalue weighted by Gasteiger charge is -2.17. The Bertz CT molecular complexity index is 686. The maximum Gasteiger partial charge on any atom is 0.257 e. The summed E-state index contributed by atoms with van der Waals surface area (Å²) in [4.78, 5) is 16.9. The van der Waals surface area contributed by atoms with Gasteiger partial charge in [0.2, 0.25) is 0 Å². The summed E-state index contributed by atoms with van der Waals surface area (Å²) >= 11 is 0. The monoisotopic (exact) mass is 283 g/mol. The molecule has 2 aromatic rings. The minimum absolute atomic E-state index is 0.106. The number of nitrogens with one attached hydrogen (secondary N) is 1. The molecule has 0 saturated carbocycles. The van der Waals surface area contributed by atoms with E-state index in [0.717, 1.165) is 29.8 Å². The van der Waals surface area contributed by atoms with Crippen LogP contribution >= 0.6 is 0 Å². The fraction of sp³-hybridized carbons (Fsp3) is 0.412. The summed E-state index contributed by atoms with van der Waals surface area (Å²) in [5, 5.41) is 3.24. The van der Waals surface area contributed by atoms with Gasteiger partial charge in [0, 0.05) is 12.1 Å². The van der Waals surface area contributed by atoms with E-state index in [4.69, 9.17) is 0 Å². The van der Waals surface area contributed by atoms with Gasteiger partial charge in [0.1, 0.15) is 0 Å². The van der Waals surface area contributed by atoms with Crippen molar-refractivity contribution in [3.8, 4) is 0 Å². The van der Waals surface area contributed by atoms with Crippen molar-refractivity contribution in [1.82, 2.24) is 14.9 Å². The normalized spacial score (nSPS) is 14.2. The quantitative estimate of drug-likeness (QED) is 0.938. The molecule has 0 saturated heterocycles. The second kappa shape index (κ2) is 5.82. The second-order valence-electron chi connectivity index (χ2n) is 5.93. The highest BCUT2D eigenvalue weighted by atomic mass is 16.1. The number of benzene rings is 1. The summed E-state index contributed by atoms with van der Waals surface area (Å²) in [5.41, 5.74) is 4.33. The number of rotatable bonds is 3. The van der Waals surface area contributed by atoms with Crippen LogP contribution in [0.2, 0.25) is 0 Å². The third-order valence-electron chi connectivity index (χ3n) is 4.06. The predicted molar refractivity (Wildman–Crippen MR) is 83.5 cm³/mol. The molecule has 4 nitrogen and oxygen atoms in total. The Hall–Kier alpha value is -1.94. The second-order valence-corrected chi connectivity index (χ2v) is 5.93. The number of hydrogen-bond acceptors (Lipinski definition) is 3. The molecule has 0 spiro atoms. The van der Waals surface area contributed by atoms with Crippen LogP contribution in [0.15, 0.2) is 35.4 Å². The Morgan fingerprint density at radius 1 is 1.29 bits per heavy atom. The summed E-state index contributed by atoms with van der Waals surface area (Å²) in [6, 6.07) is 8.48.